The van der Waals surface area contributed by atoms with Crippen molar-refractivity contribution >= 4 is 33.3 Å². The van der Waals surface area contributed by atoms with Crippen LogP contribution in [0.3, 0.4) is 0 Å². The Bertz CT molecular complexity index is 1010. The number of carbonyl (C=O) groups is 1. The van der Waals surface area contributed by atoms with Crippen molar-refractivity contribution in [1.82, 2.24) is 14.5 Å². The summed E-state index contributed by atoms with van der Waals surface area (Å²) in [6, 6.07) is 5.33. The SMILES string of the molecule is Cc1c(C(=O)Nc2ccccn2)sc2nc3n(c(=O)c12)CCCCC3. The molecule has 6 nitrogen and oxygen atoms in total. The Morgan fingerprint density at radius 1 is 1.28 bits per heavy atom. The van der Waals surface area contributed by atoms with Gasteiger partial charge in [-0.2, -0.15) is 0 Å². The fraction of sp³-hybridized carbons (Fsp3) is 0.333. The van der Waals surface area contributed by atoms with Gasteiger partial charge in [-0.15, -0.1) is 11.3 Å². The Hall–Kier alpha value is -2.54. The number of aromatic nitrogens is 3. The number of thiophene rings is 1. The summed E-state index contributed by atoms with van der Waals surface area (Å²) in [6.07, 6.45) is 5.61. The zero-order valence-corrected chi connectivity index (χ0v) is 14.7. The maximum Gasteiger partial charge on any atom is 0.267 e. The standard InChI is InChI=1S/C18H18N4O2S/c1-11-14-17(21-13-8-3-2-6-10-22(13)18(14)24)25-15(11)16(23)20-12-7-4-5-9-19-12/h4-5,7,9H,2-3,6,8,10H2,1H3,(H,19,20,23). The number of hydrogen-bond acceptors (Lipinski definition) is 5. The normalized spacial score (nSPS) is 14.1. The van der Waals surface area contributed by atoms with E-state index < -0.39 is 0 Å². The summed E-state index contributed by atoms with van der Waals surface area (Å²) < 4.78 is 1.79. The van der Waals surface area contributed by atoms with Crippen LogP contribution in [-0.2, 0) is 13.0 Å². The van der Waals surface area contributed by atoms with Crippen LogP contribution in [0.1, 0.15) is 40.3 Å². The van der Waals surface area contributed by atoms with E-state index in [-0.39, 0.29) is 11.5 Å². The predicted molar refractivity (Wildman–Crippen MR) is 98.4 cm³/mol. The summed E-state index contributed by atoms with van der Waals surface area (Å²) in [6.45, 7) is 2.53. The fourth-order valence-corrected chi connectivity index (χ4v) is 4.32. The van der Waals surface area contributed by atoms with E-state index in [1.54, 1.807) is 22.9 Å². The molecule has 0 bridgehead atoms. The molecule has 4 rings (SSSR count). The highest BCUT2D eigenvalue weighted by Crippen LogP contribution is 2.28. The van der Waals surface area contributed by atoms with Gasteiger partial charge in [-0.3, -0.25) is 14.2 Å². The largest absolute Gasteiger partial charge is 0.306 e. The van der Waals surface area contributed by atoms with Crippen molar-refractivity contribution < 1.29 is 4.79 Å². The average Bonchev–Trinajstić information content (AvgIpc) is 2.79. The van der Waals surface area contributed by atoms with E-state index in [0.717, 1.165) is 31.5 Å². The molecular formula is C18H18N4O2S. The zero-order valence-electron chi connectivity index (χ0n) is 13.9. The summed E-state index contributed by atoms with van der Waals surface area (Å²) in [5.41, 5.74) is 0.679. The minimum atomic E-state index is -0.251. The summed E-state index contributed by atoms with van der Waals surface area (Å²) in [5.74, 6) is 1.08. The molecule has 0 aromatic carbocycles. The third-order valence-corrected chi connectivity index (χ3v) is 5.71. The van der Waals surface area contributed by atoms with Crippen LogP contribution in [0.15, 0.2) is 29.2 Å². The molecule has 4 heterocycles. The zero-order chi connectivity index (χ0) is 17.4. The maximum absolute atomic E-state index is 12.9. The van der Waals surface area contributed by atoms with Gasteiger partial charge in [0.15, 0.2) is 0 Å². The lowest BCUT2D eigenvalue weighted by molar-refractivity contribution is 0.102. The molecule has 0 spiro atoms. The molecule has 0 saturated heterocycles. The van der Waals surface area contributed by atoms with Gasteiger partial charge in [0.05, 0.1) is 10.3 Å². The van der Waals surface area contributed by atoms with Gasteiger partial charge in [-0.1, -0.05) is 12.5 Å². The van der Waals surface area contributed by atoms with E-state index in [2.05, 4.69) is 10.3 Å². The van der Waals surface area contributed by atoms with Crippen molar-refractivity contribution in [3.63, 3.8) is 0 Å². The molecule has 25 heavy (non-hydrogen) atoms. The number of anilines is 1. The molecule has 1 aliphatic rings. The smallest absolute Gasteiger partial charge is 0.267 e. The third kappa shape index (κ3) is 2.84. The maximum atomic E-state index is 12.9. The van der Waals surface area contributed by atoms with Crippen LogP contribution in [0.2, 0.25) is 0 Å². The molecule has 0 atom stereocenters. The van der Waals surface area contributed by atoms with Gasteiger partial charge in [0.2, 0.25) is 0 Å². The lowest BCUT2D eigenvalue weighted by atomic mass is 10.2. The molecule has 3 aromatic heterocycles. The van der Waals surface area contributed by atoms with Gasteiger partial charge in [0, 0.05) is 19.2 Å². The molecule has 0 aliphatic carbocycles. The molecule has 0 fully saturated rings. The highest BCUT2D eigenvalue weighted by atomic mass is 32.1. The second kappa shape index (κ2) is 6.40. The molecule has 1 aliphatic heterocycles. The van der Waals surface area contributed by atoms with Crippen LogP contribution < -0.4 is 10.9 Å². The Labute approximate surface area is 148 Å². The Balaban J connectivity index is 1.79. The molecule has 0 unspecified atom stereocenters. The van der Waals surface area contributed by atoms with E-state index in [0.29, 0.717) is 33.0 Å². The Morgan fingerprint density at radius 2 is 2.16 bits per heavy atom. The third-order valence-electron chi connectivity index (χ3n) is 4.52. The van der Waals surface area contributed by atoms with E-state index in [1.807, 2.05) is 13.0 Å². The monoisotopic (exact) mass is 354 g/mol. The number of amides is 1. The minimum Gasteiger partial charge on any atom is -0.306 e. The van der Waals surface area contributed by atoms with Crippen molar-refractivity contribution in [1.29, 1.82) is 0 Å². The van der Waals surface area contributed by atoms with Gasteiger partial charge in [0.25, 0.3) is 11.5 Å². The molecule has 7 heteroatoms. The highest BCUT2D eigenvalue weighted by molar-refractivity contribution is 7.20. The number of carbonyl (C=O) groups excluding carboxylic acids is 1. The lowest BCUT2D eigenvalue weighted by Gasteiger charge is -2.08. The Kier molecular flexibility index (Phi) is 4.09. The first-order chi connectivity index (χ1) is 12.1. The second-order valence-electron chi connectivity index (χ2n) is 6.20. The summed E-state index contributed by atoms with van der Waals surface area (Å²) in [7, 11) is 0. The van der Waals surface area contributed by atoms with Crippen LogP contribution >= 0.6 is 11.3 Å². The van der Waals surface area contributed by atoms with Crippen LogP contribution in [0.25, 0.3) is 10.2 Å². The van der Waals surface area contributed by atoms with Gasteiger partial charge < -0.3 is 5.32 Å². The van der Waals surface area contributed by atoms with Crippen molar-refractivity contribution in [3.05, 3.63) is 51.0 Å². The highest BCUT2D eigenvalue weighted by Gasteiger charge is 2.22. The van der Waals surface area contributed by atoms with Crippen LogP contribution in [-0.4, -0.2) is 20.4 Å². The lowest BCUT2D eigenvalue weighted by Crippen LogP contribution is -2.24. The Morgan fingerprint density at radius 3 is 2.96 bits per heavy atom. The van der Waals surface area contributed by atoms with Crippen molar-refractivity contribution in [3.8, 4) is 0 Å². The first kappa shape index (κ1) is 16.0. The molecule has 1 N–H and O–H groups in total. The molecule has 3 aromatic rings. The summed E-state index contributed by atoms with van der Waals surface area (Å²) in [4.78, 5) is 35.5. The van der Waals surface area contributed by atoms with Gasteiger partial charge >= 0.3 is 0 Å². The number of hydrogen-bond donors (Lipinski definition) is 1. The van der Waals surface area contributed by atoms with Gasteiger partial charge in [-0.25, -0.2) is 9.97 Å². The summed E-state index contributed by atoms with van der Waals surface area (Å²) >= 11 is 1.28. The number of nitrogens with one attached hydrogen (secondary N) is 1. The number of rotatable bonds is 2. The van der Waals surface area contributed by atoms with E-state index in [4.69, 9.17) is 4.98 Å². The van der Waals surface area contributed by atoms with Crippen molar-refractivity contribution in [2.45, 2.75) is 39.2 Å². The first-order valence-electron chi connectivity index (χ1n) is 8.40. The fourth-order valence-electron chi connectivity index (χ4n) is 3.24. The van der Waals surface area contributed by atoms with Gasteiger partial charge in [0.1, 0.15) is 16.5 Å². The average molecular weight is 354 g/mol. The number of pyridine rings is 1. The van der Waals surface area contributed by atoms with Gasteiger partial charge in [-0.05, 0) is 37.5 Å². The number of aryl methyl sites for hydroxylation is 2. The van der Waals surface area contributed by atoms with E-state index >= 15 is 0 Å². The molecule has 1 amide bonds. The van der Waals surface area contributed by atoms with E-state index in [1.165, 1.54) is 11.3 Å². The van der Waals surface area contributed by atoms with Crippen LogP contribution in [0.4, 0.5) is 5.82 Å². The number of nitrogens with zero attached hydrogens (tertiary/aromatic N) is 3. The van der Waals surface area contributed by atoms with Crippen LogP contribution in [0.5, 0.6) is 0 Å². The van der Waals surface area contributed by atoms with Crippen LogP contribution in [0, 0.1) is 6.92 Å². The summed E-state index contributed by atoms with van der Waals surface area (Å²) in [5, 5.41) is 3.35. The first-order valence-corrected chi connectivity index (χ1v) is 9.22. The van der Waals surface area contributed by atoms with E-state index in [9.17, 15) is 9.59 Å². The number of fused-ring (bicyclic) bond motifs is 2. The molecular weight excluding hydrogens is 336 g/mol. The minimum absolute atomic E-state index is 0.0208. The predicted octanol–water partition coefficient (Wildman–Crippen LogP) is 3.14. The van der Waals surface area contributed by atoms with Crippen molar-refractivity contribution in [2.24, 2.45) is 0 Å². The molecule has 128 valence electrons. The quantitative estimate of drug-likeness (QED) is 0.767. The molecule has 0 radical (unpaired) electrons. The van der Waals surface area contributed by atoms with Crippen molar-refractivity contribution in [2.75, 3.05) is 5.32 Å². The second-order valence-corrected chi connectivity index (χ2v) is 7.20. The topological polar surface area (TPSA) is 76.9 Å². The molecule has 0 saturated carbocycles.